The van der Waals surface area contributed by atoms with Crippen molar-refractivity contribution in [3.8, 4) is 17.2 Å². The highest BCUT2D eigenvalue weighted by molar-refractivity contribution is 7.92. The number of hydrogen-bond donors (Lipinski definition) is 0. The van der Waals surface area contributed by atoms with Crippen LogP contribution in [0.25, 0.3) is 0 Å². The summed E-state index contributed by atoms with van der Waals surface area (Å²) in [6.07, 6.45) is 0.288. The first kappa shape index (κ1) is 21.8. The highest BCUT2D eigenvalue weighted by atomic mass is 32.2. The maximum absolute atomic E-state index is 13.2. The van der Waals surface area contributed by atoms with Crippen LogP contribution in [0.1, 0.15) is 11.1 Å². The molecule has 1 amide bonds. The maximum atomic E-state index is 13.2. The van der Waals surface area contributed by atoms with E-state index >= 15 is 0 Å². The van der Waals surface area contributed by atoms with Crippen LogP contribution in [0.15, 0.2) is 36.4 Å². The highest BCUT2D eigenvalue weighted by Crippen LogP contribution is 2.36. The minimum absolute atomic E-state index is 0.0223. The molecule has 33 heavy (non-hydrogen) atoms. The Hall–Kier alpha value is -2.98. The molecule has 10 heteroatoms. The number of ether oxygens (including phenoxy) is 3. The molecule has 0 radical (unpaired) electrons. The van der Waals surface area contributed by atoms with E-state index in [1.165, 1.54) is 4.31 Å². The molecule has 0 saturated carbocycles. The lowest BCUT2D eigenvalue weighted by Gasteiger charge is -2.39. The van der Waals surface area contributed by atoms with Crippen LogP contribution in [-0.2, 0) is 21.4 Å². The smallest absolute Gasteiger partial charge is 0.265 e. The summed E-state index contributed by atoms with van der Waals surface area (Å²) < 4.78 is 42.9. The van der Waals surface area contributed by atoms with Gasteiger partial charge in [0.2, 0.25) is 16.8 Å². The molecule has 9 nitrogen and oxygen atoms in total. The molecular formula is C23H27N3O6S. The van der Waals surface area contributed by atoms with Crippen LogP contribution < -0.4 is 18.5 Å². The number of carbonyl (C=O) groups is 1. The normalized spacial score (nSPS) is 20.4. The Balaban J connectivity index is 1.23. The molecule has 0 spiro atoms. The third-order valence-electron chi connectivity index (χ3n) is 6.19. The van der Waals surface area contributed by atoms with Gasteiger partial charge in [0, 0.05) is 32.7 Å². The number of aryl methyl sites for hydroxylation is 1. The predicted molar refractivity (Wildman–Crippen MR) is 122 cm³/mol. The molecule has 176 valence electrons. The number of fused-ring (bicyclic) bond motifs is 2. The fourth-order valence-electron chi connectivity index (χ4n) is 4.43. The van der Waals surface area contributed by atoms with Gasteiger partial charge in [-0.2, -0.15) is 0 Å². The molecular weight excluding hydrogens is 446 g/mol. The topological polar surface area (TPSA) is 88.6 Å². The molecule has 1 fully saturated rings. The number of anilines is 1. The number of amides is 1. The standard InChI is InChI=1S/C23H27N3O6S/c1-16-3-5-19-18(11-16)26(33(2,28)29)14-22(32-19)23(27)25-9-7-24(8-10-25)13-17-4-6-20-21(12-17)31-15-30-20/h3-6,11-12,22H,7-10,13-15H2,1-2H3. The van der Waals surface area contributed by atoms with Crippen molar-refractivity contribution in [2.75, 3.05) is 50.1 Å². The largest absolute Gasteiger partial charge is 0.476 e. The lowest BCUT2D eigenvalue weighted by atomic mass is 10.1. The molecule has 1 atom stereocenters. The Kier molecular flexibility index (Phi) is 5.57. The highest BCUT2D eigenvalue weighted by Gasteiger charge is 2.37. The van der Waals surface area contributed by atoms with E-state index in [2.05, 4.69) is 4.90 Å². The number of carbonyl (C=O) groups excluding carboxylic acids is 1. The third-order valence-corrected chi connectivity index (χ3v) is 7.33. The number of nitrogens with zero attached hydrogens (tertiary/aromatic N) is 3. The maximum Gasteiger partial charge on any atom is 0.265 e. The molecule has 3 aliphatic heterocycles. The summed E-state index contributed by atoms with van der Waals surface area (Å²) in [4.78, 5) is 17.3. The van der Waals surface area contributed by atoms with E-state index in [4.69, 9.17) is 14.2 Å². The van der Waals surface area contributed by atoms with Crippen molar-refractivity contribution in [2.45, 2.75) is 19.6 Å². The van der Waals surface area contributed by atoms with Crippen LogP contribution in [0.2, 0.25) is 0 Å². The average molecular weight is 474 g/mol. The Bertz CT molecular complexity index is 1180. The zero-order valence-corrected chi connectivity index (χ0v) is 19.5. The van der Waals surface area contributed by atoms with Crippen molar-refractivity contribution in [1.82, 2.24) is 9.80 Å². The second kappa shape index (κ2) is 8.42. The lowest BCUT2D eigenvalue weighted by Crippen LogP contribution is -2.56. The molecule has 0 aliphatic carbocycles. The van der Waals surface area contributed by atoms with Gasteiger partial charge < -0.3 is 19.1 Å². The van der Waals surface area contributed by atoms with Gasteiger partial charge in [-0.25, -0.2) is 8.42 Å². The van der Waals surface area contributed by atoms with Gasteiger partial charge in [-0.3, -0.25) is 14.0 Å². The fourth-order valence-corrected chi connectivity index (χ4v) is 5.34. The lowest BCUT2D eigenvalue weighted by molar-refractivity contribution is -0.140. The number of sulfonamides is 1. The summed E-state index contributed by atoms with van der Waals surface area (Å²) in [5.74, 6) is 1.76. The number of benzene rings is 2. The van der Waals surface area contributed by atoms with Crippen LogP contribution in [0.3, 0.4) is 0 Å². The zero-order chi connectivity index (χ0) is 23.2. The van der Waals surface area contributed by atoms with Crippen molar-refractivity contribution in [2.24, 2.45) is 0 Å². The van der Waals surface area contributed by atoms with Crippen LogP contribution in [-0.4, -0.2) is 76.0 Å². The summed E-state index contributed by atoms with van der Waals surface area (Å²) in [6, 6.07) is 11.3. The van der Waals surface area contributed by atoms with Crippen molar-refractivity contribution in [1.29, 1.82) is 0 Å². The second-order valence-corrected chi connectivity index (χ2v) is 10.6. The Labute approximate surface area is 193 Å². The number of hydrogen-bond acceptors (Lipinski definition) is 7. The predicted octanol–water partition coefficient (Wildman–Crippen LogP) is 1.60. The van der Waals surface area contributed by atoms with E-state index in [0.717, 1.165) is 48.5 Å². The van der Waals surface area contributed by atoms with Crippen molar-refractivity contribution in [3.05, 3.63) is 47.5 Å². The van der Waals surface area contributed by atoms with Gasteiger partial charge in [0.15, 0.2) is 17.6 Å². The summed E-state index contributed by atoms with van der Waals surface area (Å²) in [7, 11) is -3.55. The first-order chi connectivity index (χ1) is 15.8. The van der Waals surface area contributed by atoms with E-state index in [0.29, 0.717) is 24.5 Å². The molecule has 3 heterocycles. The summed E-state index contributed by atoms with van der Waals surface area (Å²) in [5.41, 5.74) is 2.54. The van der Waals surface area contributed by atoms with E-state index < -0.39 is 16.1 Å². The molecule has 1 saturated heterocycles. The van der Waals surface area contributed by atoms with Gasteiger partial charge in [0.25, 0.3) is 5.91 Å². The SMILES string of the molecule is Cc1ccc2c(c1)N(S(C)(=O)=O)CC(C(=O)N1CCN(Cc3ccc4c(c3)OCO4)CC1)O2. The molecule has 2 aromatic rings. The van der Waals surface area contributed by atoms with Crippen LogP contribution in [0.4, 0.5) is 5.69 Å². The minimum Gasteiger partial charge on any atom is -0.476 e. The molecule has 3 aliphatic rings. The van der Waals surface area contributed by atoms with Crippen LogP contribution >= 0.6 is 0 Å². The van der Waals surface area contributed by atoms with Gasteiger partial charge in [-0.1, -0.05) is 12.1 Å². The van der Waals surface area contributed by atoms with Gasteiger partial charge in [0.05, 0.1) is 18.5 Å². The van der Waals surface area contributed by atoms with E-state index in [9.17, 15) is 13.2 Å². The summed E-state index contributed by atoms with van der Waals surface area (Å²) in [5, 5.41) is 0. The molecule has 0 aromatic heterocycles. The van der Waals surface area contributed by atoms with Crippen molar-refractivity contribution >= 4 is 21.6 Å². The van der Waals surface area contributed by atoms with E-state index in [-0.39, 0.29) is 19.2 Å². The van der Waals surface area contributed by atoms with Gasteiger partial charge in [-0.15, -0.1) is 0 Å². The Morgan fingerprint density at radius 3 is 2.48 bits per heavy atom. The van der Waals surface area contributed by atoms with Crippen LogP contribution in [0.5, 0.6) is 17.2 Å². The minimum atomic E-state index is -3.55. The van der Waals surface area contributed by atoms with E-state index in [1.54, 1.807) is 17.0 Å². The first-order valence-electron chi connectivity index (χ1n) is 10.9. The van der Waals surface area contributed by atoms with Crippen molar-refractivity contribution < 1.29 is 27.4 Å². The van der Waals surface area contributed by atoms with Crippen molar-refractivity contribution in [3.63, 3.8) is 0 Å². The Morgan fingerprint density at radius 1 is 1.00 bits per heavy atom. The van der Waals surface area contributed by atoms with E-state index in [1.807, 2.05) is 31.2 Å². The quantitative estimate of drug-likeness (QED) is 0.666. The number of piperazine rings is 1. The molecule has 2 aromatic carbocycles. The third kappa shape index (κ3) is 4.45. The zero-order valence-electron chi connectivity index (χ0n) is 18.7. The molecule has 0 bridgehead atoms. The van der Waals surface area contributed by atoms with Gasteiger partial charge in [-0.05, 0) is 42.3 Å². The fraction of sp³-hybridized carbons (Fsp3) is 0.435. The first-order valence-corrected chi connectivity index (χ1v) is 12.8. The molecule has 0 N–H and O–H groups in total. The number of rotatable bonds is 4. The summed E-state index contributed by atoms with van der Waals surface area (Å²) >= 11 is 0. The molecule has 1 unspecified atom stereocenters. The van der Waals surface area contributed by atoms with Gasteiger partial charge >= 0.3 is 0 Å². The molecule has 5 rings (SSSR count). The average Bonchev–Trinajstić information content (AvgIpc) is 3.26. The summed E-state index contributed by atoms with van der Waals surface area (Å²) in [6.45, 7) is 5.44. The second-order valence-electron chi connectivity index (χ2n) is 8.66. The Morgan fingerprint density at radius 2 is 1.73 bits per heavy atom. The van der Waals surface area contributed by atoms with Crippen LogP contribution in [0, 0.1) is 6.92 Å². The monoisotopic (exact) mass is 473 g/mol. The van der Waals surface area contributed by atoms with Gasteiger partial charge in [0.1, 0.15) is 5.75 Å².